The monoisotopic (exact) mass is 313 g/mol. The van der Waals surface area contributed by atoms with Crippen LogP contribution >= 0.6 is 0 Å². The summed E-state index contributed by atoms with van der Waals surface area (Å²) in [4.78, 5) is 19.0. The highest BCUT2D eigenvalue weighted by molar-refractivity contribution is 5.98. The molecule has 23 heavy (non-hydrogen) atoms. The second-order valence-electron chi connectivity index (χ2n) is 5.70. The summed E-state index contributed by atoms with van der Waals surface area (Å²) in [6.07, 6.45) is 4.59. The van der Waals surface area contributed by atoms with Crippen molar-refractivity contribution in [2.75, 3.05) is 24.5 Å². The van der Waals surface area contributed by atoms with E-state index in [2.05, 4.69) is 15.2 Å². The fraction of sp³-hybridized carbons (Fsp3) is 0.333. The summed E-state index contributed by atoms with van der Waals surface area (Å²) in [6.45, 7) is 2.36. The number of hydrogen-bond donors (Lipinski definition) is 1. The average molecular weight is 313 g/mol. The van der Waals surface area contributed by atoms with E-state index in [9.17, 15) is 9.18 Å². The van der Waals surface area contributed by atoms with E-state index in [1.54, 1.807) is 24.4 Å². The van der Waals surface area contributed by atoms with Gasteiger partial charge in [0.25, 0.3) is 5.91 Å². The number of anilines is 1. The third-order valence-corrected chi connectivity index (χ3v) is 4.03. The third kappa shape index (κ3) is 3.86. The Morgan fingerprint density at radius 1 is 1.22 bits per heavy atom. The number of benzene rings is 1. The van der Waals surface area contributed by atoms with Gasteiger partial charge in [-0.05, 0) is 49.1 Å². The lowest BCUT2D eigenvalue weighted by molar-refractivity contribution is 0.0954. The molecule has 1 amide bonds. The maximum Gasteiger partial charge on any atom is 0.255 e. The normalized spacial score (nSPS) is 14.0. The highest BCUT2D eigenvalue weighted by atomic mass is 19.1. The van der Waals surface area contributed by atoms with Crippen molar-refractivity contribution in [3.8, 4) is 0 Å². The fourth-order valence-electron chi connectivity index (χ4n) is 2.86. The lowest BCUT2D eigenvalue weighted by Crippen LogP contribution is -2.29. The van der Waals surface area contributed by atoms with E-state index < -0.39 is 0 Å². The van der Waals surface area contributed by atoms with Crippen LogP contribution in [0.2, 0.25) is 0 Å². The van der Waals surface area contributed by atoms with Crippen LogP contribution < -0.4 is 10.2 Å². The Morgan fingerprint density at radius 3 is 2.83 bits per heavy atom. The van der Waals surface area contributed by atoms with Crippen LogP contribution in [-0.2, 0) is 6.42 Å². The van der Waals surface area contributed by atoms with Crippen LogP contribution in [0.1, 0.15) is 28.8 Å². The van der Waals surface area contributed by atoms with Crippen molar-refractivity contribution in [3.63, 3.8) is 0 Å². The summed E-state index contributed by atoms with van der Waals surface area (Å²) in [7, 11) is 0. The fourth-order valence-corrected chi connectivity index (χ4v) is 2.86. The Balaban J connectivity index is 1.62. The number of aromatic nitrogens is 1. The first-order valence-corrected chi connectivity index (χ1v) is 7.96. The van der Waals surface area contributed by atoms with Gasteiger partial charge in [0, 0.05) is 25.8 Å². The Hall–Kier alpha value is -2.43. The SMILES string of the molecule is O=C(NCCc1cccc(F)c1)c1cccnc1N1CCCC1. The highest BCUT2D eigenvalue weighted by Gasteiger charge is 2.20. The number of nitrogens with zero attached hydrogens (tertiary/aromatic N) is 2. The predicted octanol–water partition coefficient (Wildman–Crippen LogP) is 2.79. The molecular weight excluding hydrogens is 293 g/mol. The van der Waals surface area contributed by atoms with Crippen molar-refractivity contribution in [1.82, 2.24) is 10.3 Å². The predicted molar refractivity (Wildman–Crippen MR) is 88.1 cm³/mol. The summed E-state index contributed by atoms with van der Waals surface area (Å²) < 4.78 is 13.1. The van der Waals surface area contributed by atoms with E-state index >= 15 is 0 Å². The lowest BCUT2D eigenvalue weighted by atomic mass is 10.1. The van der Waals surface area contributed by atoms with Gasteiger partial charge in [0.05, 0.1) is 5.56 Å². The van der Waals surface area contributed by atoms with Gasteiger partial charge in [0.15, 0.2) is 0 Å². The Kier molecular flexibility index (Phi) is 4.86. The number of amides is 1. The van der Waals surface area contributed by atoms with E-state index in [1.807, 2.05) is 6.07 Å². The molecule has 2 heterocycles. The average Bonchev–Trinajstić information content (AvgIpc) is 3.09. The minimum absolute atomic E-state index is 0.128. The molecule has 1 aliphatic rings. The molecule has 0 atom stereocenters. The molecule has 0 saturated carbocycles. The second-order valence-corrected chi connectivity index (χ2v) is 5.70. The second kappa shape index (κ2) is 7.22. The molecule has 0 bridgehead atoms. The topological polar surface area (TPSA) is 45.2 Å². The van der Waals surface area contributed by atoms with Gasteiger partial charge in [-0.3, -0.25) is 4.79 Å². The molecule has 4 nitrogen and oxygen atoms in total. The molecule has 1 saturated heterocycles. The Morgan fingerprint density at radius 2 is 2.04 bits per heavy atom. The molecule has 2 aromatic rings. The zero-order chi connectivity index (χ0) is 16.1. The number of carbonyl (C=O) groups is 1. The van der Waals surface area contributed by atoms with Crippen molar-refractivity contribution >= 4 is 11.7 Å². The maximum atomic E-state index is 13.1. The number of carbonyl (C=O) groups excluding carboxylic acids is 1. The summed E-state index contributed by atoms with van der Waals surface area (Å²) >= 11 is 0. The van der Waals surface area contributed by atoms with E-state index in [0.29, 0.717) is 18.5 Å². The first kappa shape index (κ1) is 15.5. The van der Waals surface area contributed by atoms with Gasteiger partial charge in [-0.25, -0.2) is 9.37 Å². The van der Waals surface area contributed by atoms with Crippen molar-refractivity contribution in [3.05, 3.63) is 59.5 Å². The van der Waals surface area contributed by atoms with Gasteiger partial charge in [-0.15, -0.1) is 0 Å². The zero-order valence-electron chi connectivity index (χ0n) is 13.0. The summed E-state index contributed by atoms with van der Waals surface area (Å²) in [5, 5.41) is 2.90. The summed E-state index contributed by atoms with van der Waals surface area (Å²) in [6, 6.07) is 10.0. The van der Waals surface area contributed by atoms with Crippen LogP contribution in [0.5, 0.6) is 0 Å². The van der Waals surface area contributed by atoms with E-state index in [-0.39, 0.29) is 11.7 Å². The Bertz CT molecular complexity index is 683. The molecule has 5 heteroatoms. The highest BCUT2D eigenvalue weighted by Crippen LogP contribution is 2.21. The first-order chi connectivity index (χ1) is 11.2. The van der Waals surface area contributed by atoms with Crippen molar-refractivity contribution in [1.29, 1.82) is 0 Å². The van der Waals surface area contributed by atoms with Crippen LogP contribution in [0.3, 0.4) is 0 Å². The van der Waals surface area contributed by atoms with Crippen LogP contribution in [-0.4, -0.2) is 30.5 Å². The first-order valence-electron chi connectivity index (χ1n) is 7.96. The van der Waals surface area contributed by atoms with Crippen molar-refractivity contribution in [2.24, 2.45) is 0 Å². The van der Waals surface area contributed by atoms with Gasteiger partial charge in [-0.1, -0.05) is 12.1 Å². The van der Waals surface area contributed by atoms with Crippen LogP contribution in [0.25, 0.3) is 0 Å². The molecule has 120 valence electrons. The molecule has 1 aliphatic heterocycles. The molecule has 1 aromatic carbocycles. The van der Waals surface area contributed by atoms with Crippen molar-refractivity contribution < 1.29 is 9.18 Å². The van der Waals surface area contributed by atoms with Gasteiger partial charge in [-0.2, -0.15) is 0 Å². The van der Waals surface area contributed by atoms with Crippen LogP contribution in [0.4, 0.5) is 10.2 Å². The number of hydrogen-bond acceptors (Lipinski definition) is 3. The molecule has 1 N–H and O–H groups in total. The summed E-state index contributed by atoms with van der Waals surface area (Å²) in [5.41, 5.74) is 1.48. The lowest BCUT2D eigenvalue weighted by Gasteiger charge is -2.19. The standard InChI is InChI=1S/C18H20FN3O/c19-15-6-3-5-14(13-15)8-10-21-18(23)16-7-4-9-20-17(16)22-11-1-2-12-22/h3-7,9,13H,1-2,8,10-12H2,(H,21,23). The minimum atomic E-state index is -0.252. The van der Waals surface area contributed by atoms with Gasteiger partial charge < -0.3 is 10.2 Å². The van der Waals surface area contributed by atoms with Gasteiger partial charge in [0.1, 0.15) is 11.6 Å². The largest absolute Gasteiger partial charge is 0.356 e. The molecular formula is C18H20FN3O. The number of nitrogens with one attached hydrogen (secondary N) is 1. The minimum Gasteiger partial charge on any atom is -0.356 e. The van der Waals surface area contributed by atoms with Crippen LogP contribution in [0.15, 0.2) is 42.6 Å². The van der Waals surface area contributed by atoms with E-state index in [4.69, 9.17) is 0 Å². The molecule has 0 spiro atoms. The Labute approximate surface area is 135 Å². The quantitative estimate of drug-likeness (QED) is 0.923. The third-order valence-electron chi connectivity index (χ3n) is 4.03. The molecule has 0 radical (unpaired) electrons. The number of pyridine rings is 1. The van der Waals surface area contributed by atoms with Crippen molar-refractivity contribution in [2.45, 2.75) is 19.3 Å². The molecule has 0 aliphatic carbocycles. The molecule has 1 aromatic heterocycles. The molecule has 0 unspecified atom stereocenters. The van der Waals surface area contributed by atoms with E-state index in [1.165, 1.54) is 12.1 Å². The zero-order valence-corrected chi connectivity index (χ0v) is 13.0. The number of rotatable bonds is 5. The van der Waals surface area contributed by atoms with Gasteiger partial charge >= 0.3 is 0 Å². The smallest absolute Gasteiger partial charge is 0.255 e. The maximum absolute atomic E-state index is 13.1. The van der Waals surface area contributed by atoms with Gasteiger partial charge in [0.2, 0.25) is 0 Å². The molecule has 3 rings (SSSR count). The molecule has 1 fully saturated rings. The van der Waals surface area contributed by atoms with Crippen LogP contribution in [0, 0.1) is 5.82 Å². The number of halogens is 1. The summed E-state index contributed by atoms with van der Waals surface area (Å²) in [5.74, 6) is 0.377. The van der Waals surface area contributed by atoms with E-state index in [0.717, 1.165) is 37.3 Å².